The highest BCUT2D eigenvalue weighted by molar-refractivity contribution is 7.92. The quantitative estimate of drug-likeness (QED) is 0.780. The zero-order valence-electron chi connectivity index (χ0n) is 16.8. The Labute approximate surface area is 171 Å². The van der Waals surface area contributed by atoms with Crippen LogP contribution in [0.5, 0.6) is 5.75 Å². The fourth-order valence-electron chi connectivity index (χ4n) is 3.12. The molecule has 156 valence electrons. The maximum Gasteiger partial charge on any atom is 0.263 e. The van der Waals surface area contributed by atoms with Gasteiger partial charge in [0.25, 0.3) is 15.9 Å². The standard InChI is InChI=1S/C21H26N2O5S/c1-15-4-9-20(16(2)14-15)22-29(25,26)19-7-5-18(6-8-19)28-17(3)21(24)23-10-12-27-13-11-23/h4-9,14,17,22H,10-13H2,1-3H3/t17-/m1/s1. The van der Waals surface area contributed by atoms with E-state index < -0.39 is 16.1 Å². The smallest absolute Gasteiger partial charge is 0.263 e. The van der Waals surface area contributed by atoms with Crippen LogP contribution in [0.3, 0.4) is 0 Å². The van der Waals surface area contributed by atoms with E-state index >= 15 is 0 Å². The van der Waals surface area contributed by atoms with E-state index in [9.17, 15) is 13.2 Å². The molecule has 1 aliphatic heterocycles. The van der Waals surface area contributed by atoms with Crippen molar-refractivity contribution in [1.29, 1.82) is 0 Å². The van der Waals surface area contributed by atoms with Crippen LogP contribution in [0.15, 0.2) is 47.4 Å². The SMILES string of the molecule is Cc1ccc(NS(=O)(=O)c2ccc(O[C@H](C)C(=O)N3CCOCC3)cc2)c(C)c1. The second kappa shape index (κ2) is 8.84. The minimum Gasteiger partial charge on any atom is -0.481 e. The number of carbonyl (C=O) groups excluding carboxylic acids is 1. The number of amides is 1. The lowest BCUT2D eigenvalue weighted by atomic mass is 10.1. The molecule has 1 saturated heterocycles. The minimum absolute atomic E-state index is 0.110. The molecule has 0 saturated carbocycles. The molecular formula is C21H26N2O5S. The normalized spacial score (nSPS) is 15.6. The Hall–Kier alpha value is -2.58. The summed E-state index contributed by atoms with van der Waals surface area (Å²) >= 11 is 0. The van der Waals surface area contributed by atoms with E-state index in [1.807, 2.05) is 26.0 Å². The van der Waals surface area contributed by atoms with Crippen molar-refractivity contribution in [2.45, 2.75) is 31.8 Å². The molecule has 1 N–H and O–H groups in total. The van der Waals surface area contributed by atoms with E-state index in [0.717, 1.165) is 11.1 Å². The van der Waals surface area contributed by atoms with Gasteiger partial charge in [0, 0.05) is 13.1 Å². The molecule has 3 rings (SSSR count). The van der Waals surface area contributed by atoms with E-state index in [4.69, 9.17) is 9.47 Å². The number of carbonyl (C=O) groups is 1. The van der Waals surface area contributed by atoms with E-state index in [2.05, 4.69) is 4.72 Å². The van der Waals surface area contributed by atoms with Gasteiger partial charge in [0.05, 0.1) is 23.8 Å². The van der Waals surface area contributed by atoms with Crippen LogP contribution in [0, 0.1) is 13.8 Å². The zero-order chi connectivity index (χ0) is 21.0. The molecule has 29 heavy (non-hydrogen) atoms. The summed E-state index contributed by atoms with van der Waals surface area (Å²) < 4.78 is 38.9. The van der Waals surface area contributed by atoms with Crippen LogP contribution in [0.1, 0.15) is 18.1 Å². The number of hydrogen-bond donors (Lipinski definition) is 1. The van der Waals surface area contributed by atoms with Gasteiger partial charge >= 0.3 is 0 Å². The Kier molecular flexibility index (Phi) is 6.44. The summed E-state index contributed by atoms with van der Waals surface area (Å²) in [5, 5.41) is 0. The molecule has 1 heterocycles. The molecule has 0 spiro atoms. The van der Waals surface area contributed by atoms with Gasteiger partial charge in [-0.25, -0.2) is 8.42 Å². The molecule has 8 heteroatoms. The fourth-order valence-corrected chi connectivity index (χ4v) is 4.26. The molecule has 7 nitrogen and oxygen atoms in total. The van der Waals surface area contributed by atoms with Crippen molar-refractivity contribution < 1.29 is 22.7 Å². The summed E-state index contributed by atoms with van der Waals surface area (Å²) in [6.45, 7) is 7.65. The molecule has 2 aromatic rings. The van der Waals surface area contributed by atoms with Crippen molar-refractivity contribution in [2.75, 3.05) is 31.0 Å². The van der Waals surface area contributed by atoms with Gasteiger partial charge in [-0.2, -0.15) is 0 Å². The first-order valence-corrected chi connectivity index (χ1v) is 11.0. The first-order chi connectivity index (χ1) is 13.8. The number of hydrogen-bond acceptors (Lipinski definition) is 5. The Balaban J connectivity index is 1.66. The molecule has 0 bridgehead atoms. The number of anilines is 1. The maximum absolute atomic E-state index is 12.7. The fraction of sp³-hybridized carbons (Fsp3) is 0.381. The van der Waals surface area contributed by atoms with Crippen LogP contribution in [0.25, 0.3) is 0 Å². The summed E-state index contributed by atoms with van der Waals surface area (Å²) in [6.07, 6.45) is -0.663. The Bertz CT molecular complexity index is 967. The predicted octanol–water partition coefficient (Wildman–Crippen LogP) is 2.73. The first-order valence-electron chi connectivity index (χ1n) is 9.49. The largest absolute Gasteiger partial charge is 0.481 e. The third-order valence-electron chi connectivity index (χ3n) is 4.74. The molecule has 1 atom stereocenters. The van der Waals surface area contributed by atoms with Crippen LogP contribution in [-0.2, 0) is 19.6 Å². The van der Waals surface area contributed by atoms with Crippen molar-refractivity contribution in [3.63, 3.8) is 0 Å². The average Bonchev–Trinajstić information content (AvgIpc) is 2.70. The molecular weight excluding hydrogens is 392 g/mol. The van der Waals surface area contributed by atoms with E-state index in [1.54, 1.807) is 30.0 Å². The van der Waals surface area contributed by atoms with Gasteiger partial charge in [0.1, 0.15) is 5.75 Å². The van der Waals surface area contributed by atoms with E-state index in [-0.39, 0.29) is 10.8 Å². The van der Waals surface area contributed by atoms with Crippen LogP contribution >= 0.6 is 0 Å². The molecule has 0 aromatic heterocycles. The highest BCUT2D eigenvalue weighted by Gasteiger charge is 2.24. The number of morpholine rings is 1. The van der Waals surface area contributed by atoms with Crippen LogP contribution in [-0.4, -0.2) is 51.6 Å². The molecule has 1 aliphatic rings. The summed E-state index contributed by atoms with van der Waals surface area (Å²) in [6, 6.07) is 11.6. The van der Waals surface area contributed by atoms with Gasteiger partial charge in [-0.1, -0.05) is 17.7 Å². The number of ether oxygens (including phenoxy) is 2. The van der Waals surface area contributed by atoms with Crippen molar-refractivity contribution in [3.05, 3.63) is 53.6 Å². The first kappa shape index (κ1) is 21.1. The summed E-state index contributed by atoms with van der Waals surface area (Å²) in [5.74, 6) is 0.325. The number of rotatable bonds is 6. The number of benzene rings is 2. The topological polar surface area (TPSA) is 84.9 Å². The number of aryl methyl sites for hydroxylation is 2. The Morgan fingerprint density at radius 2 is 1.76 bits per heavy atom. The maximum atomic E-state index is 12.7. The number of sulfonamides is 1. The van der Waals surface area contributed by atoms with Gasteiger partial charge in [0.2, 0.25) is 0 Å². The van der Waals surface area contributed by atoms with Crippen LogP contribution in [0.4, 0.5) is 5.69 Å². The third kappa shape index (κ3) is 5.27. The monoisotopic (exact) mass is 418 g/mol. The van der Waals surface area contributed by atoms with Crippen LogP contribution < -0.4 is 9.46 Å². The highest BCUT2D eigenvalue weighted by atomic mass is 32.2. The number of nitrogens with one attached hydrogen (secondary N) is 1. The van der Waals surface area contributed by atoms with Gasteiger partial charge in [0.15, 0.2) is 6.10 Å². The van der Waals surface area contributed by atoms with Crippen LogP contribution in [0.2, 0.25) is 0 Å². The van der Waals surface area contributed by atoms with Crippen molar-refractivity contribution in [1.82, 2.24) is 4.90 Å². The Morgan fingerprint density at radius 3 is 2.38 bits per heavy atom. The second-order valence-electron chi connectivity index (χ2n) is 7.09. The molecule has 0 unspecified atom stereocenters. The van der Waals surface area contributed by atoms with Gasteiger partial charge in [-0.15, -0.1) is 0 Å². The van der Waals surface area contributed by atoms with Gasteiger partial charge in [-0.3, -0.25) is 9.52 Å². The van der Waals surface area contributed by atoms with E-state index in [1.165, 1.54) is 12.1 Å². The van der Waals surface area contributed by atoms with E-state index in [0.29, 0.717) is 37.7 Å². The van der Waals surface area contributed by atoms with Gasteiger partial charge in [-0.05, 0) is 56.7 Å². The van der Waals surface area contributed by atoms with Gasteiger partial charge < -0.3 is 14.4 Å². The highest BCUT2D eigenvalue weighted by Crippen LogP contribution is 2.23. The molecule has 0 aliphatic carbocycles. The predicted molar refractivity (Wildman–Crippen MR) is 111 cm³/mol. The third-order valence-corrected chi connectivity index (χ3v) is 6.13. The summed E-state index contributed by atoms with van der Waals surface area (Å²) in [4.78, 5) is 14.3. The number of nitrogens with zero attached hydrogens (tertiary/aromatic N) is 1. The molecule has 1 amide bonds. The van der Waals surface area contributed by atoms with Crippen molar-refractivity contribution in [2.24, 2.45) is 0 Å². The summed E-state index contributed by atoms with van der Waals surface area (Å²) in [7, 11) is -3.72. The molecule has 1 fully saturated rings. The average molecular weight is 419 g/mol. The van der Waals surface area contributed by atoms with Crippen molar-refractivity contribution >= 4 is 21.6 Å². The second-order valence-corrected chi connectivity index (χ2v) is 8.78. The van der Waals surface area contributed by atoms with Crippen molar-refractivity contribution in [3.8, 4) is 5.75 Å². The lowest BCUT2D eigenvalue weighted by Crippen LogP contribution is -2.46. The lowest BCUT2D eigenvalue weighted by Gasteiger charge is -2.29. The molecule has 2 aromatic carbocycles. The minimum atomic E-state index is -3.72. The lowest BCUT2D eigenvalue weighted by molar-refractivity contribution is -0.142. The Morgan fingerprint density at radius 1 is 1.10 bits per heavy atom. The summed E-state index contributed by atoms with van der Waals surface area (Å²) in [5.41, 5.74) is 2.46. The molecule has 0 radical (unpaired) electrons. The zero-order valence-corrected chi connectivity index (χ0v) is 17.7.